The Balaban J connectivity index is 1.66. The Bertz CT molecular complexity index is 1010. The molecular weight excluding hydrogens is 384 g/mol. The van der Waals surface area contributed by atoms with Crippen molar-refractivity contribution in [1.29, 1.82) is 0 Å². The van der Waals surface area contributed by atoms with Crippen molar-refractivity contribution in [3.63, 3.8) is 0 Å². The number of hydrogen-bond acceptors (Lipinski definition) is 3. The Morgan fingerprint density at radius 2 is 1.69 bits per heavy atom. The quantitative estimate of drug-likeness (QED) is 0.811. The number of carbonyl (C=O) groups is 1. The zero-order valence-electron chi connectivity index (χ0n) is 17.7. The first-order valence-electron chi connectivity index (χ1n) is 10.0. The minimum atomic E-state index is -3.55. The molecule has 6 heteroatoms. The molecule has 1 amide bonds. The molecule has 29 heavy (non-hydrogen) atoms. The van der Waals surface area contributed by atoms with E-state index in [4.69, 9.17) is 0 Å². The molecule has 1 aliphatic heterocycles. The van der Waals surface area contributed by atoms with Crippen molar-refractivity contribution >= 4 is 15.9 Å². The molecule has 0 saturated carbocycles. The molecule has 0 bridgehead atoms. The SMILES string of the molecule is Cc1ccc(C)c(S(=O)(=O)N2CCC(C)(C(=O)NCc3ccccc3C)CC2)c1. The fraction of sp³-hybridized carbons (Fsp3) is 0.435. The van der Waals surface area contributed by atoms with Crippen LogP contribution >= 0.6 is 0 Å². The van der Waals surface area contributed by atoms with Gasteiger partial charge in [0.15, 0.2) is 0 Å². The Morgan fingerprint density at radius 3 is 2.34 bits per heavy atom. The Labute approximate surface area is 174 Å². The van der Waals surface area contributed by atoms with Gasteiger partial charge in [0.05, 0.1) is 4.90 Å². The molecule has 2 aromatic rings. The fourth-order valence-electron chi connectivity index (χ4n) is 3.77. The highest BCUT2D eigenvalue weighted by Crippen LogP contribution is 2.34. The van der Waals surface area contributed by atoms with E-state index >= 15 is 0 Å². The van der Waals surface area contributed by atoms with Crippen molar-refractivity contribution in [2.75, 3.05) is 13.1 Å². The number of amides is 1. The molecule has 0 radical (unpaired) electrons. The number of sulfonamides is 1. The number of piperidine rings is 1. The van der Waals surface area contributed by atoms with E-state index in [0.29, 0.717) is 37.4 Å². The zero-order chi connectivity index (χ0) is 21.2. The van der Waals surface area contributed by atoms with E-state index in [9.17, 15) is 13.2 Å². The summed E-state index contributed by atoms with van der Waals surface area (Å²) in [5.41, 5.74) is 3.36. The number of nitrogens with zero attached hydrogens (tertiary/aromatic N) is 1. The van der Waals surface area contributed by atoms with Gasteiger partial charge in [0.25, 0.3) is 0 Å². The van der Waals surface area contributed by atoms with Crippen LogP contribution in [0.4, 0.5) is 0 Å². The van der Waals surface area contributed by atoms with Crippen molar-refractivity contribution in [1.82, 2.24) is 9.62 Å². The Kier molecular flexibility index (Phi) is 6.15. The maximum absolute atomic E-state index is 13.1. The first-order valence-corrected chi connectivity index (χ1v) is 11.5. The van der Waals surface area contributed by atoms with E-state index in [-0.39, 0.29) is 5.91 Å². The monoisotopic (exact) mass is 414 g/mol. The molecule has 0 unspecified atom stereocenters. The van der Waals surface area contributed by atoms with Gasteiger partial charge < -0.3 is 5.32 Å². The van der Waals surface area contributed by atoms with Crippen LogP contribution in [0.5, 0.6) is 0 Å². The molecule has 1 N–H and O–H groups in total. The number of nitrogens with one attached hydrogen (secondary N) is 1. The molecule has 0 atom stereocenters. The van der Waals surface area contributed by atoms with Gasteiger partial charge in [0.1, 0.15) is 0 Å². The number of aryl methyl sites for hydroxylation is 3. The standard InChI is InChI=1S/C23H30N2O3S/c1-17-9-10-19(3)21(15-17)29(27,28)25-13-11-23(4,12-14-25)22(26)24-16-20-8-6-5-7-18(20)2/h5-10,15H,11-14,16H2,1-4H3,(H,24,26). The highest BCUT2D eigenvalue weighted by Gasteiger charge is 2.40. The number of rotatable bonds is 5. The van der Waals surface area contributed by atoms with Crippen LogP contribution in [0.2, 0.25) is 0 Å². The highest BCUT2D eigenvalue weighted by atomic mass is 32.2. The molecule has 0 aromatic heterocycles. The molecule has 0 aliphatic carbocycles. The van der Waals surface area contributed by atoms with Crippen LogP contribution in [0.1, 0.15) is 42.0 Å². The van der Waals surface area contributed by atoms with Gasteiger partial charge in [0, 0.05) is 25.0 Å². The largest absolute Gasteiger partial charge is 0.352 e. The second-order valence-corrected chi connectivity index (χ2v) is 10.2. The number of benzene rings is 2. The van der Waals surface area contributed by atoms with Crippen molar-refractivity contribution in [3.8, 4) is 0 Å². The summed E-state index contributed by atoms with van der Waals surface area (Å²) in [6, 6.07) is 13.5. The lowest BCUT2D eigenvalue weighted by molar-refractivity contribution is -0.132. The van der Waals surface area contributed by atoms with Crippen LogP contribution in [-0.4, -0.2) is 31.7 Å². The van der Waals surface area contributed by atoms with Crippen molar-refractivity contribution in [2.24, 2.45) is 5.41 Å². The lowest BCUT2D eigenvalue weighted by Crippen LogP contribution is -2.48. The summed E-state index contributed by atoms with van der Waals surface area (Å²) in [7, 11) is -3.55. The second-order valence-electron chi connectivity index (χ2n) is 8.34. The fourth-order valence-corrected chi connectivity index (χ4v) is 5.52. The van der Waals surface area contributed by atoms with E-state index in [1.165, 1.54) is 4.31 Å². The number of carbonyl (C=O) groups excluding carboxylic acids is 1. The smallest absolute Gasteiger partial charge is 0.243 e. The van der Waals surface area contributed by atoms with Crippen LogP contribution < -0.4 is 5.32 Å². The molecular formula is C23H30N2O3S. The molecule has 5 nitrogen and oxygen atoms in total. The Morgan fingerprint density at radius 1 is 1.03 bits per heavy atom. The topological polar surface area (TPSA) is 66.5 Å². The summed E-state index contributed by atoms with van der Waals surface area (Å²) < 4.78 is 27.7. The second kappa shape index (κ2) is 8.28. The zero-order valence-corrected chi connectivity index (χ0v) is 18.5. The molecule has 1 fully saturated rings. The summed E-state index contributed by atoms with van der Waals surface area (Å²) in [5.74, 6) is -0.00969. The summed E-state index contributed by atoms with van der Waals surface area (Å²) in [5, 5.41) is 3.04. The highest BCUT2D eigenvalue weighted by molar-refractivity contribution is 7.89. The van der Waals surface area contributed by atoms with E-state index in [1.807, 2.05) is 64.1 Å². The van der Waals surface area contributed by atoms with Gasteiger partial charge in [-0.15, -0.1) is 0 Å². The first-order chi connectivity index (χ1) is 13.6. The maximum atomic E-state index is 13.1. The van der Waals surface area contributed by atoms with E-state index in [1.54, 1.807) is 6.07 Å². The van der Waals surface area contributed by atoms with E-state index < -0.39 is 15.4 Å². The van der Waals surface area contributed by atoms with Gasteiger partial charge in [-0.1, -0.05) is 43.3 Å². The van der Waals surface area contributed by atoms with Crippen LogP contribution in [0.3, 0.4) is 0 Å². The van der Waals surface area contributed by atoms with Gasteiger partial charge >= 0.3 is 0 Å². The summed E-state index contributed by atoms with van der Waals surface area (Å²) >= 11 is 0. The van der Waals surface area contributed by atoms with Gasteiger partial charge in [-0.3, -0.25) is 4.79 Å². The summed E-state index contributed by atoms with van der Waals surface area (Å²) in [4.78, 5) is 13.2. The van der Waals surface area contributed by atoms with E-state index in [0.717, 1.165) is 22.3 Å². The molecule has 1 aliphatic rings. The van der Waals surface area contributed by atoms with Crippen molar-refractivity contribution < 1.29 is 13.2 Å². The number of hydrogen-bond donors (Lipinski definition) is 1. The van der Waals surface area contributed by atoms with Crippen LogP contribution in [0.25, 0.3) is 0 Å². The maximum Gasteiger partial charge on any atom is 0.243 e. The van der Waals surface area contributed by atoms with Gasteiger partial charge in [-0.05, 0) is 61.9 Å². The molecule has 1 heterocycles. The molecule has 2 aromatic carbocycles. The molecule has 156 valence electrons. The predicted molar refractivity (Wildman–Crippen MR) is 115 cm³/mol. The van der Waals surface area contributed by atoms with Crippen LogP contribution in [-0.2, 0) is 21.4 Å². The summed E-state index contributed by atoms with van der Waals surface area (Å²) in [6.07, 6.45) is 1.02. The Hall–Kier alpha value is -2.18. The third kappa shape index (κ3) is 4.54. The minimum Gasteiger partial charge on any atom is -0.352 e. The average Bonchev–Trinajstić information content (AvgIpc) is 2.69. The minimum absolute atomic E-state index is 0.00969. The average molecular weight is 415 g/mol. The third-order valence-corrected chi connectivity index (χ3v) is 8.08. The summed E-state index contributed by atoms with van der Waals surface area (Å²) in [6.45, 7) is 8.87. The predicted octanol–water partition coefficient (Wildman–Crippen LogP) is 3.72. The van der Waals surface area contributed by atoms with Gasteiger partial charge in [0.2, 0.25) is 15.9 Å². The van der Waals surface area contributed by atoms with Crippen molar-refractivity contribution in [2.45, 2.75) is 52.0 Å². The third-order valence-electron chi connectivity index (χ3n) is 6.04. The molecule has 1 saturated heterocycles. The lowest BCUT2D eigenvalue weighted by Gasteiger charge is -2.37. The van der Waals surface area contributed by atoms with Gasteiger partial charge in [-0.2, -0.15) is 4.31 Å². The van der Waals surface area contributed by atoms with Crippen LogP contribution in [0.15, 0.2) is 47.4 Å². The first kappa shape index (κ1) is 21.5. The van der Waals surface area contributed by atoms with Gasteiger partial charge in [-0.25, -0.2) is 8.42 Å². The van der Waals surface area contributed by atoms with Crippen molar-refractivity contribution in [3.05, 3.63) is 64.7 Å². The molecule has 3 rings (SSSR count). The normalized spacial score (nSPS) is 17.1. The van der Waals surface area contributed by atoms with E-state index in [2.05, 4.69) is 5.32 Å². The van der Waals surface area contributed by atoms with Crippen LogP contribution in [0, 0.1) is 26.2 Å². The lowest BCUT2D eigenvalue weighted by atomic mass is 9.80. The molecule has 0 spiro atoms.